The van der Waals surface area contributed by atoms with Gasteiger partial charge in [0.25, 0.3) is 0 Å². The minimum atomic E-state index is -0.000000000000000222. The molecule has 0 fully saturated rings. The van der Waals surface area contributed by atoms with E-state index in [1.165, 1.54) is 11.8 Å². The van der Waals surface area contributed by atoms with Crippen molar-refractivity contribution in [1.82, 2.24) is 0 Å². The lowest BCUT2D eigenvalue weighted by molar-refractivity contribution is 1.90. The number of rotatable bonds is 2. The van der Waals surface area contributed by atoms with Gasteiger partial charge in [0.1, 0.15) is 4.71 Å². The molecule has 4 heteroatoms. The fraction of sp³-hybridized carbons (Fsp3) is 0.750. The number of alkyl halides is 1. The van der Waals surface area contributed by atoms with E-state index in [0.29, 0.717) is 0 Å². The third kappa shape index (κ3) is 3.17. The lowest BCUT2D eigenvalue weighted by Crippen LogP contribution is -2.00. The summed E-state index contributed by atoms with van der Waals surface area (Å²) in [6, 6.07) is 0. The van der Waals surface area contributed by atoms with Gasteiger partial charge in [-0.1, -0.05) is 12.2 Å². The van der Waals surface area contributed by atoms with Gasteiger partial charge in [0.2, 0.25) is 0 Å². The van der Waals surface area contributed by atoms with Crippen molar-refractivity contribution in [1.29, 1.82) is 0 Å². The molecule has 0 N–H and O–H groups in total. The number of hydrogen-bond donors (Lipinski definition) is 0. The van der Waals surface area contributed by atoms with Gasteiger partial charge in [-0.15, -0.1) is 35.1 Å². The first kappa shape index (κ1) is 9.08. The Morgan fingerprint density at radius 3 is 2.25 bits per heavy atom. The largest absolute Gasteiger partial charge is 0.140 e. The summed E-state index contributed by atoms with van der Waals surface area (Å²) in [7, 11) is 0. The molecule has 0 heterocycles. The molecule has 48 valence electrons. The molecule has 0 rings (SSSR count). The van der Waals surface area contributed by atoms with Crippen molar-refractivity contribution < 1.29 is 0 Å². The molecule has 0 aliphatic rings. The molecule has 0 aliphatic carbocycles. The van der Waals surface area contributed by atoms with Crippen LogP contribution in [-0.4, -0.2) is 21.4 Å². The Hall–Kier alpha value is 1.08. The molecular formula is C4H7ClS3. The van der Waals surface area contributed by atoms with Crippen LogP contribution in [0.2, 0.25) is 0 Å². The van der Waals surface area contributed by atoms with Crippen molar-refractivity contribution in [3.8, 4) is 0 Å². The fourth-order valence-electron chi connectivity index (χ4n) is 0.189. The molecule has 0 aromatic carbocycles. The average molecular weight is 187 g/mol. The van der Waals surface area contributed by atoms with Crippen molar-refractivity contribution in [2.45, 2.75) is 4.71 Å². The number of thioether (sulfide) groups is 2. The Morgan fingerprint density at radius 2 is 2.12 bits per heavy atom. The van der Waals surface area contributed by atoms with Crippen molar-refractivity contribution in [3.05, 3.63) is 0 Å². The highest BCUT2D eigenvalue weighted by Crippen LogP contribution is 2.18. The van der Waals surface area contributed by atoms with Crippen LogP contribution in [0.15, 0.2) is 0 Å². The summed E-state index contributed by atoms with van der Waals surface area (Å²) >= 11 is 13.7. The van der Waals surface area contributed by atoms with E-state index in [0.717, 1.165) is 4.20 Å². The van der Waals surface area contributed by atoms with E-state index in [4.69, 9.17) is 23.8 Å². The molecule has 0 saturated heterocycles. The van der Waals surface area contributed by atoms with Crippen LogP contribution >= 0.6 is 47.3 Å². The van der Waals surface area contributed by atoms with Gasteiger partial charge in [-0.2, -0.15) is 0 Å². The molecule has 0 aromatic rings. The Labute approximate surface area is 68.7 Å². The molecule has 0 saturated carbocycles. The van der Waals surface area contributed by atoms with E-state index in [1.807, 2.05) is 12.5 Å². The molecule has 0 nitrogen and oxygen atoms in total. The lowest BCUT2D eigenvalue weighted by Gasteiger charge is -2.02. The predicted molar refractivity (Wildman–Crippen MR) is 49.3 cm³/mol. The Kier molecular flexibility index (Phi) is 5.58. The smallest absolute Gasteiger partial charge is 0.120 e. The van der Waals surface area contributed by atoms with Crippen LogP contribution < -0.4 is 0 Å². The summed E-state index contributed by atoms with van der Waals surface area (Å²) in [6.45, 7) is 0. The predicted octanol–water partition coefficient (Wildman–Crippen LogP) is 2.60. The van der Waals surface area contributed by atoms with Gasteiger partial charge in [-0.25, -0.2) is 0 Å². The van der Waals surface area contributed by atoms with E-state index >= 15 is 0 Å². The van der Waals surface area contributed by atoms with E-state index in [2.05, 4.69) is 0 Å². The van der Waals surface area contributed by atoms with E-state index in [1.54, 1.807) is 11.8 Å². The SMILES string of the molecule is CSC(=S)C(Cl)SC. The molecule has 8 heavy (non-hydrogen) atoms. The quantitative estimate of drug-likeness (QED) is 0.481. The first-order valence-electron chi connectivity index (χ1n) is 1.97. The van der Waals surface area contributed by atoms with Gasteiger partial charge in [-0.05, 0) is 12.5 Å². The number of hydrogen-bond acceptors (Lipinski definition) is 3. The minimum absolute atomic E-state index is 0.000000000000000222. The maximum atomic E-state index is 5.72. The second kappa shape index (κ2) is 4.91. The van der Waals surface area contributed by atoms with Gasteiger partial charge in [0.05, 0.1) is 4.20 Å². The maximum absolute atomic E-state index is 5.72. The Morgan fingerprint density at radius 1 is 1.62 bits per heavy atom. The number of halogens is 1. The van der Waals surface area contributed by atoms with Gasteiger partial charge < -0.3 is 0 Å². The summed E-state index contributed by atoms with van der Waals surface area (Å²) < 4.78 is 0.860. The zero-order chi connectivity index (χ0) is 6.57. The summed E-state index contributed by atoms with van der Waals surface area (Å²) in [6.07, 6.45) is 3.88. The highest BCUT2D eigenvalue weighted by Gasteiger charge is 2.05. The third-order valence-corrected chi connectivity index (χ3v) is 3.93. The molecule has 0 bridgehead atoms. The molecule has 0 aliphatic heterocycles. The van der Waals surface area contributed by atoms with Crippen LogP contribution in [0, 0.1) is 0 Å². The summed E-state index contributed by atoms with van der Waals surface area (Å²) in [5, 5.41) is 0. The minimum Gasteiger partial charge on any atom is -0.140 e. The van der Waals surface area contributed by atoms with Gasteiger partial charge >= 0.3 is 0 Å². The molecule has 0 spiro atoms. The fourth-order valence-corrected chi connectivity index (χ4v) is 1.70. The normalized spacial score (nSPS) is 13.4. The van der Waals surface area contributed by atoms with Crippen molar-refractivity contribution >= 4 is 51.5 Å². The molecule has 1 atom stereocenters. The van der Waals surface area contributed by atoms with Crippen molar-refractivity contribution in [2.24, 2.45) is 0 Å². The van der Waals surface area contributed by atoms with Crippen LogP contribution in [0.1, 0.15) is 0 Å². The molecule has 0 aromatic heterocycles. The number of thiocarbonyl (C=S) groups is 1. The van der Waals surface area contributed by atoms with Gasteiger partial charge in [0, 0.05) is 0 Å². The zero-order valence-corrected chi connectivity index (χ0v) is 7.89. The van der Waals surface area contributed by atoms with E-state index in [-0.39, 0.29) is 4.71 Å². The van der Waals surface area contributed by atoms with Crippen LogP contribution in [0.25, 0.3) is 0 Å². The second-order valence-electron chi connectivity index (χ2n) is 1.07. The topological polar surface area (TPSA) is 0 Å². The Bertz CT molecular complexity index is 83.4. The molecular weight excluding hydrogens is 180 g/mol. The van der Waals surface area contributed by atoms with Crippen molar-refractivity contribution in [3.63, 3.8) is 0 Å². The summed E-state index contributed by atoms with van der Waals surface area (Å²) in [4.78, 5) is 0. The molecule has 0 amide bonds. The summed E-state index contributed by atoms with van der Waals surface area (Å²) in [5.41, 5.74) is 0. The monoisotopic (exact) mass is 186 g/mol. The van der Waals surface area contributed by atoms with Gasteiger partial charge in [0.15, 0.2) is 0 Å². The highest BCUT2D eigenvalue weighted by atomic mass is 35.5. The van der Waals surface area contributed by atoms with Crippen LogP contribution in [-0.2, 0) is 0 Å². The molecule has 0 radical (unpaired) electrons. The second-order valence-corrected chi connectivity index (χ2v) is 4.26. The van der Waals surface area contributed by atoms with E-state index in [9.17, 15) is 0 Å². The lowest BCUT2D eigenvalue weighted by atomic mass is 10.9. The van der Waals surface area contributed by atoms with Gasteiger partial charge in [-0.3, -0.25) is 0 Å². The highest BCUT2D eigenvalue weighted by molar-refractivity contribution is 8.24. The third-order valence-electron chi connectivity index (χ3n) is 0.593. The van der Waals surface area contributed by atoms with Crippen LogP contribution in [0.5, 0.6) is 0 Å². The van der Waals surface area contributed by atoms with Crippen LogP contribution in [0.4, 0.5) is 0 Å². The summed E-state index contributed by atoms with van der Waals surface area (Å²) in [5.74, 6) is 0. The standard InChI is InChI=1S/C4H7ClS3/c1-7-3(5)4(6)8-2/h3H,1-2H3. The van der Waals surface area contributed by atoms with E-state index < -0.39 is 0 Å². The van der Waals surface area contributed by atoms with Crippen LogP contribution in [0.3, 0.4) is 0 Å². The maximum Gasteiger partial charge on any atom is 0.120 e. The van der Waals surface area contributed by atoms with Crippen molar-refractivity contribution in [2.75, 3.05) is 12.5 Å². The Balaban J connectivity index is 3.46. The first-order valence-corrected chi connectivity index (χ1v) is 5.32. The molecule has 1 unspecified atom stereocenters. The average Bonchev–Trinajstić information content (AvgIpc) is 1.84. The zero-order valence-electron chi connectivity index (χ0n) is 4.68. The first-order chi connectivity index (χ1) is 3.72.